The molecule has 0 bridgehead atoms. The SMILES string of the molecule is CCC(C)c1ccccc1C(C)(O)CC(F)(F)C(F)(F)C(F)(F)C(F)(F)F. The van der Waals surface area contributed by atoms with Gasteiger partial charge in [-0.05, 0) is 30.4 Å². The molecule has 0 heterocycles. The van der Waals surface area contributed by atoms with E-state index in [1.165, 1.54) is 18.2 Å². The van der Waals surface area contributed by atoms with Gasteiger partial charge in [0.15, 0.2) is 0 Å². The Labute approximate surface area is 150 Å². The van der Waals surface area contributed by atoms with E-state index in [9.17, 15) is 44.6 Å². The Bertz CT molecular complexity index is 650. The molecule has 0 aliphatic heterocycles. The Morgan fingerprint density at radius 2 is 1.37 bits per heavy atom. The standard InChI is InChI=1S/C17H19F9O/c1-4-10(2)11-7-5-6-8-12(11)13(3,27)9-14(18,19)15(20,21)16(22,23)17(24,25)26/h5-8,10,27H,4,9H2,1-3H3. The van der Waals surface area contributed by atoms with Crippen LogP contribution >= 0.6 is 0 Å². The van der Waals surface area contributed by atoms with Crippen LogP contribution in [0.2, 0.25) is 0 Å². The summed E-state index contributed by atoms with van der Waals surface area (Å²) in [7, 11) is 0. The molecule has 10 heteroatoms. The van der Waals surface area contributed by atoms with Crippen molar-refractivity contribution in [2.45, 2.75) is 69.1 Å². The number of halogens is 9. The highest BCUT2D eigenvalue weighted by Crippen LogP contribution is 2.55. The molecule has 2 atom stereocenters. The lowest BCUT2D eigenvalue weighted by molar-refractivity contribution is -0.400. The first kappa shape index (κ1) is 23.6. The summed E-state index contributed by atoms with van der Waals surface area (Å²) in [6.07, 6.45) is -8.74. The van der Waals surface area contributed by atoms with Gasteiger partial charge in [0.1, 0.15) is 0 Å². The van der Waals surface area contributed by atoms with E-state index in [-0.39, 0.29) is 11.5 Å². The van der Waals surface area contributed by atoms with Gasteiger partial charge in [0.05, 0.1) is 12.0 Å². The number of alkyl halides is 9. The predicted molar refractivity (Wildman–Crippen MR) is 80.2 cm³/mol. The van der Waals surface area contributed by atoms with E-state index < -0.39 is 36.0 Å². The molecular weight excluding hydrogens is 391 g/mol. The van der Waals surface area contributed by atoms with E-state index >= 15 is 0 Å². The van der Waals surface area contributed by atoms with Gasteiger partial charge in [0.25, 0.3) is 0 Å². The zero-order chi connectivity index (χ0) is 21.5. The summed E-state index contributed by atoms with van der Waals surface area (Å²) in [5, 5.41) is 10.3. The molecule has 0 amide bonds. The van der Waals surface area contributed by atoms with E-state index in [4.69, 9.17) is 0 Å². The Morgan fingerprint density at radius 3 is 1.81 bits per heavy atom. The second-order valence-corrected chi connectivity index (χ2v) is 6.70. The zero-order valence-electron chi connectivity index (χ0n) is 14.6. The molecule has 0 saturated carbocycles. The van der Waals surface area contributed by atoms with Crippen molar-refractivity contribution in [3.8, 4) is 0 Å². The maximum atomic E-state index is 13.9. The lowest BCUT2D eigenvalue weighted by Gasteiger charge is -2.38. The third-order valence-electron chi connectivity index (χ3n) is 4.46. The Kier molecular flexibility index (Phi) is 6.27. The zero-order valence-corrected chi connectivity index (χ0v) is 14.6. The van der Waals surface area contributed by atoms with E-state index in [0.29, 0.717) is 18.9 Å². The molecule has 156 valence electrons. The number of benzene rings is 1. The smallest absolute Gasteiger partial charge is 0.385 e. The van der Waals surface area contributed by atoms with Gasteiger partial charge in [-0.2, -0.15) is 39.5 Å². The van der Waals surface area contributed by atoms with E-state index in [1.54, 1.807) is 13.8 Å². The molecule has 1 aromatic carbocycles. The molecule has 0 aromatic heterocycles. The van der Waals surface area contributed by atoms with E-state index in [0.717, 1.165) is 6.07 Å². The molecule has 27 heavy (non-hydrogen) atoms. The van der Waals surface area contributed by atoms with Gasteiger partial charge in [0.2, 0.25) is 0 Å². The molecule has 1 aromatic rings. The fraction of sp³-hybridized carbons (Fsp3) is 0.647. The Balaban J connectivity index is 3.37. The van der Waals surface area contributed by atoms with Crippen LogP contribution in [0.3, 0.4) is 0 Å². The van der Waals surface area contributed by atoms with Gasteiger partial charge in [-0.3, -0.25) is 0 Å². The first-order valence-corrected chi connectivity index (χ1v) is 7.94. The minimum atomic E-state index is -6.98. The topological polar surface area (TPSA) is 20.2 Å². The lowest BCUT2D eigenvalue weighted by atomic mass is 9.80. The Hall–Kier alpha value is -1.45. The molecular formula is C17H19F9O. The molecule has 0 fully saturated rings. The molecule has 0 aliphatic rings. The van der Waals surface area contributed by atoms with Crippen molar-refractivity contribution in [1.82, 2.24) is 0 Å². The molecule has 0 radical (unpaired) electrons. The third kappa shape index (κ3) is 4.20. The Morgan fingerprint density at radius 1 is 0.889 bits per heavy atom. The monoisotopic (exact) mass is 410 g/mol. The molecule has 1 rings (SSSR count). The summed E-state index contributed by atoms with van der Waals surface area (Å²) >= 11 is 0. The number of aliphatic hydroxyl groups is 1. The van der Waals surface area contributed by atoms with Crippen LogP contribution in [0.4, 0.5) is 39.5 Å². The van der Waals surface area contributed by atoms with Crippen LogP contribution in [0.15, 0.2) is 24.3 Å². The highest BCUT2D eigenvalue weighted by Gasteiger charge is 2.81. The van der Waals surface area contributed by atoms with Gasteiger partial charge in [0, 0.05) is 0 Å². The van der Waals surface area contributed by atoms with Gasteiger partial charge in [-0.15, -0.1) is 0 Å². The summed E-state index contributed by atoms with van der Waals surface area (Å²) in [4.78, 5) is 0. The van der Waals surface area contributed by atoms with Gasteiger partial charge >= 0.3 is 23.9 Å². The van der Waals surface area contributed by atoms with Crippen LogP contribution < -0.4 is 0 Å². The van der Waals surface area contributed by atoms with Crippen LogP contribution in [0, 0.1) is 0 Å². The highest BCUT2D eigenvalue weighted by molar-refractivity contribution is 5.35. The average Bonchev–Trinajstić information content (AvgIpc) is 2.51. The van der Waals surface area contributed by atoms with Crippen molar-refractivity contribution >= 4 is 0 Å². The van der Waals surface area contributed by atoms with Crippen LogP contribution in [-0.4, -0.2) is 29.1 Å². The summed E-state index contributed by atoms with van der Waals surface area (Å²) < 4.78 is 118. The lowest BCUT2D eigenvalue weighted by Crippen LogP contribution is -2.62. The molecule has 0 saturated heterocycles. The maximum absolute atomic E-state index is 13.9. The fourth-order valence-electron chi connectivity index (χ4n) is 2.68. The van der Waals surface area contributed by atoms with Crippen LogP contribution in [0.25, 0.3) is 0 Å². The number of rotatable bonds is 7. The number of hydrogen-bond donors (Lipinski definition) is 1. The largest absolute Gasteiger partial charge is 0.460 e. The summed E-state index contributed by atoms with van der Waals surface area (Å²) in [5.74, 6) is -19.9. The second kappa shape index (κ2) is 7.18. The summed E-state index contributed by atoms with van der Waals surface area (Å²) in [6.45, 7) is 4.05. The van der Waals surface area contributed by atoms with Crippen LogP contribution in [0.5, 0.6) is 0 Å². The maximum Gasteiger partial charge on any atom is 0.460 e. The minimum absolute atomic E-state index is 0.245. The fourth-order valence-corrected chi connectivity index (χ4v) is 2.68. The van der Waals surface area contributed by atoms with Crippen molar-refractivity contribution in [2.75, 3.05) is 0 Å². The molecule has 0 aliphatic carbocycles. The third-order valence-corrected chi connectivity index (χ3v) is 4.46. The van der Waals surface area contributed by atoms with Crippen LogP contribution in [-0.2, 0) is 5.60 Å². The first-order valence-electron chi connectivity index (χ1n) is 7.94. The summed E-state index contributed by atoms with van der Waals surface area (Å²) in [5.41, 5.74) is -2.73. The van der Waals surface area contributed by atoms with Crippen molar-refractivity contribution in [1.29, 1.82) is 0 Å². The summed E-state index contributed by atoms with van der Waals surface area (Å²) in [6, 6.07) is 5.36. The first-order chi connectivity index (χ1) is 11.9. The minimum Gasteiger partial charge on any atom is -0.385 e. The quantitative estimate of drug-likeness (QED) is 0.526. The van der Waals surface area contributed by atoms with Gasteiger partial charge < -0.3 is 5.11 Å². The van der Waals surface area contributed by atoms with Crippen LogP contribution in [0.1, 0.15) is 50.7 Å². The predicted octanol–water partition coefficient (Wildman–Crippen LogP) is 6.27. The number of hydrogen-bond acceptors (Lipinski definition) is 1. The van der Waals surface area contributed by atoms with Crippen molar-refractivity contribution in [3.63, 3.8) is 0 Å². The highest BCUT2D eigenvalue weighted by atomic mass is 19.4. The van der Waals surface area contributed by atoms with Crippen molar-refractivity contribution < 1.29 is 44.6 Å². The van der Waals surface area contributed by atoms with Gasteiger partial charge in [-0.25, -0.2) is 0 Å². The molecule has 1 N–H and O–H groups in total. The molecule has 0 spiro atoms. The average molecular weight is 410 g/mol. The molecule has 2 unspecified atom stereocenters. The van der Waals surface area contributed by atoms with E-state index in [2.05, 4.69) is 0 Å². The normalized spacial score (nSPS) is 17.5. The molecule has 1 nitrogen and oxygen atoms in total. The van der Waals surface area contributed by atoms with E-state index in [1.807, 2.05) is 0 Å². The van der Waals surface area contributed by atoms with Crippen molar-refractivity contribution in [2.24, 2.45) is 0 Å². The second-order valence-electron chi connectivity index (χ2n) is 6.70. The van der Waals surface area contributed by atoms with Gasteiger partial charge in [-0.1, -0.05) is 38.1 Å². The van der Waals surface area contributed by atoms with Crippen molar-refractivity contribution in [3.05, 3.63) is 35.4 Å².